The van der Waals surface area contributed by atoms with E-state index in [1.807, 2.05) is 31.2 Å². The number of sulfonamides is 1. The van der Waals surface area contributed by atoms with Crippen molar-refractivity contribution in [1.29, 1.82) is 0 Å². The molecule has 2 heterocycles. The maximum absolute atomic E-state index is 12.9. The van der Waals surface area contributed by atoms with Gasteiger partial charge in [-0.3, -0.25) is 4.79 Å². The molecule has 156 valence electrons. The van der Waals surface area contributed by atoms with E-state index < -0.39 is 15.9 Å². The van der Waals surface area contributed by atoms with Crippen molar-refractivity contribution in [3.63, 3.8) is 0 Å². The minimum atomic E-state index is -3.57. The zero-order valence-electron chi connectivity index (χ0n) is 16.7. The standard InChI is InChI=1S/C22H23N3O4S/c1-16-8-10-17(11-9-16)20-15-21(29-24-20)22(26)23-18-6-5-7-19(14-18)30(27,28)25-12-3-2-4-13-25/h5-11,14-15H,2-4,12-13H2,1H3,(H,23,26). The van der Waals surface area contributed by atoms with Gasteiger partial charge in [-0.05, 0) is 38.0 Å². The number of aryl methyl sites for hydroxylation is 1. The lowest BCUT2D eigenvalue weighted by molar-refractivity contribution is 0.0988. The lowest BCUT2D eigenvalue weighted by atomic mass is 10.1. The summed E-state index contributed by atoms with van der Waals surface area (Å²) in [5.74, 6) is -0.441. The number of amides is 1. The quantitative estimate of drug-likeness (QED) is 0.665. The number of aromatic nitrogens is 1. The summed E-state index contributed by atoms with van der Waals surface area (Å²) in [5.41, 5.74) is 2.91. The molecule has 0 radical (unpaired) electrons. The van der Waals surface area contributed by atoms with Crippen molar-refractivity contribution < 1.29 is 17.7 Å². The first-order chi connectivity index (χ1) is 14.4. The van der Waals surface area contributed by atoms with Crippen LogP contribution in [0.15, 0.2) is 64.0 Å². The summed E-state index contributed by atoms with van der Waals surface area (Å²) in [7, 11) is -3.57. The summed E-state index contributed by atoms with van der Waals surface area (Å²) in [6.07, 6.45) is 2.78. The molecular weight excluding hydrogens is 402 g/mol. The summed E-state index contributed by atoms with van der Waals surface area (Å²) < 4.78 is 32.4. The SMILES string of the molecule is Cc1ccc(-c2cc(C(=O)Nc3cccc(S(=O)(=O)N4CCCCC4)c3)on2)cc1. The van der Waals surface area contributed by atoms with Crippen LogP contribution in [-0.2, 0) is 10.0 Å². The van der Waals surface area contributed by atoms with Crippen LogP contribution in [-0.4, -0.2) is 36.9 Å². The topological polar surface area (TPSA) is 92.5 Å². The van der Waals surface area contributed by atoms with Crippen LogP contribution in [0.5, 0.6) is 0 Å². The first kappa shape index (κ1) is 20.3. The fourth-order valence-corrected chi connectivity index (χ4v) is 4.99. The van der Waals surface area contributed by atoms with Gasteiger partial charge in [0.2, 0.25) is 15.8 Å². The summed E-state index contributed by atoms with van der Waals surface area (Å²) in [4.78, 5) is 12.7. The van der Waals surface area contributed by atoms with Crippen molar-refractivity contribution in [2.45, 2.75) is 31.1 Å². The van der Waals surface area contributed by atoms with E-state index >= 15 is 0 Å². The molecule has 3 aromatic rings. The van der Waals surface area contributed by atoms with Gasteiger partial charge in [-0.2, -0.15) is 4.31 Å². The first-order valence-corrected chi connectivity index (χ1v) is 11.3. The second-order valence-electron chi connectivity index (χ2n) is 7.39. The summed E-state index contributed by atoms with van der Waals surface area (Å²) in [5, 5.41) is 6.65. The minimum absolute atomic E-state index is 0.0508. The van der Waals surface area contributed by atoms with Gasteiger partial charge < -0.3 is 9.84 Å². The highest BCUT2D eigenvalue weighted by Gasteiger charge is 2.26. The number of hydrogen-bond donors (Lipinski definition) is 1. The van der Waals surface area contributed by atoms with Gasteiger partial charge in [-0.15, -0.1) is 0 Å². The number of benzene rings is 2. The number of carbonyl (C=O) groups is 1. The molecule has 8 heteroatoms. The second kappa shape index (κ2) is 8.41. The highest BCUT2D eigenvalue weighted by Crippen LogP contribution is 2.24. The van der Waals surface area contributed by atoms with E-state index in [1.165, 1.54) is 10.4 Å². The Morgan fingerprint density at radius 2 is 1.77 bits per heavy atom. The predicted octanol–water partition coefficient (Wildman–Crippen LogP) is 4.08. The Kier molecular flexibility index (Phi) is 5.69. The lowest BCUT2D eigenvalue weighted by Crippen LogP contribution is -2.35. The average molecular weight is 426 g/mol. The Morgan fingerprint density at radius 3 is 2.50 bits per heavy atom. The predicted molar refractivity (Wildman–Crippen MR) is 114 cm³/mol. The molecule has 2 aromatic carbocycles. The number of carbonyl (C=O) groups excluding carboxylic acids is 1. The Labute approximate surface area is 175 Å². The fourth-order valence-electron chi connectivity index (χ4n) is 3.42. The molecule has 7 nitrogen and oxygen atoms in total. The van der Waals surface area contributed by atoms with Crippen molar-refractivity contribution in [2.24, 2.45) is 0 Å². The molecule has 1 aromatic heterocycles. The number of piperidine rings is 1. The average Bonchev–Trinajstić information content (AvgIpc) is 3.25. The van der Waals surface area contributed by atoms with Crippen molar-refractivity contribution >= 4 is 21.6 Å². The monoisotopic (exact) mass is 425 g/mol. The van der Waals surface area contributed by atoms with E-state index in [2.05, 4.69) is 10.5 Å². The zero-order valence-corrected chi connectivity index (χ0v) is 17.5. The molecule has 1 N–H and O–H groups in total. The molecule has 0 bridgehead atoms. The van der Waals surface area contributed by atoms with Crippen LogP contribution in [0.4, 0.5) is 5.69 Å². The first-order valence-electron chi connectivity index (χ1n) is 9.89. The maximum atomic E-state index is 12.9. The van der Waals surface area contributed by atoms with E-state index in [1.54, 1.807) is 24.3 Å². The van der Waals surface area contributed by atoms with Crippen LogP contribution in [0, 0.1) is 6.92 Å². The lowest BCUT2D eigenvalue weighted by Gasteiger charge is -2.26. The maximum Gasteiger partial charge on any atom is 0.294 e. The van der Waals surface area contributed by atoms with Gasteiger partial charge in [0.15, 0.2) is 0 Å². The number of nitrogens with one attached hydrogen (secondary N) is 1. The van der Waals surface area contributed by atoms with Crippen LogP contribution >= 0.6 is 0 Å². The molecule has 4 rings (SSSR count). The second-order valence-corrected chi connectivity index (χ2v) is 9.33. The third kappa shape index (κ3) is 4.29. The molecule has 0 saturated carbocycles. The number of anilines is 1. The van der Waals surface area contributed by atoms with E-state index in [9.17, 15) is 13.2 Å². The highest BCUT2D eigenvalue weighted by molar-refractivity contribution is 7.89. The van der Waals surface area contributed by atoms with Gasteiger partial charge in [0.25, 0.3) is 5.91 Å². The van der Waals surface area contributed by atoms with Crippen molar-refractivity contribution in [3.8, 4) is 11.3 Å². The summed E-state index contributed by atoms with van der Waals surface area (Å²) >= 11 is 0. The zero-order chi connectivity index (χ0) is 21.1. The van der Waals surface area contributed by atoms with E-state index in [-0.39, 0.29) is 10.7 Å². The molecule has 0 unspecified atom stereocenters. The van der Waals surface area contributed by atoms with Crippen LogP contribution in [0.2, 0.25) is 0 Å². The summed E-state index contributed by atoms with van der Waals surface area (Å²) in [6, 6.07) is 15.6. The van der Waals surface area contributed by atoms with Gasteiger partial charge in [-0.25, -0.2) is 8.42 Å². The normalized spacial score (nSPS) is 15.1. The third-order valence-electron chi connectivity index (χ3n) is 5.13. The van der Waals surface area contributed by atoms with Crippen LogP contribution in [0.25, 0.3) is 11.3 Å². The molecule has 1 amide bonds. The molecule has 30 heavy (non-hydrogen) atoms. The fraction of sp³-hybridized carbons (Fsp3) is 0.273. The molecule has 0 atom stereocenters. The number of rotatable bonds is 5. The Balaban J connectivity index is 1.50. The van der Waals surface area contributed by atoms with Crippen LogP contribution < -0.4 is 5.32 Å². The third-order valence-corrected chi connectivity index (χ3v) is 7.02. The number of nitrogens with zero attached hydrogens (tertiary/aromatic N) is 2. The Hall–Kier alpha value is -2.97. The van der Waals surface area contributed by atoms with Crippen LogP contribution in [0.3, 0.4) is 0 Å². The van der Waals surface area contributed by atoms with Gasteiger partial charge in [-0.1, -0.05) is 47.5 Å². The molecule has 0 spiro atoms. The Morgan fingerprint density at radius 1 is 1.03 bits per heavy atom. The molecule has 1 aliphatic heterocycles. The van der Waals surface area contributed by atoms with Crippen molar-refractivity contribution in [3.05, 3.63) is 65.9 Å². The molecule has 0 aliphatic carbocycles. The number of hydrogen-bond acceptors (Lipinski definition) is 5. The van der Waals surface area contributed by atoms with Gasteiger partial charge in [0, 0.05) is 30.4 Å². The minimum Gasteiger partial charge on any atom is -0.350 e. The molecule has 1 aliphatic rings. The van der Waals surface area contributed by atoms with E-state index in [4.69, 9.17) is 4.52 Å². The van der Waals surface area contributed by atoms with Gasteiger partial charge in [0.05, 0.1) is 4.90 Å². The molecular formula is C22H23N3O4S. The highest BCUT2D eigenvalue weighted by atomic mass is 32.2. The smallest absolute Gasteiger partial charge is 0.294 e. The summed E-state index contributed by atoms with van der Waals surface area (Å²) in [6.45, 7) is 3.04. The molecule has 1 saturated heterocycles. The van der Waals surface area contributed by atoms with Crippen molar-refractivity contribution in [1.82, 2.24) is 9.46 Å². The molecule has 1 fully saturated rings. The van der Waals surface area contributed by atoms with E-state index in [0.717, 1.165) is 30.4 Å². The van der Waals surface area contributed by atoms with Gasteiger partial charge >= 0.3 is 0 Å². The van der Waals surface area contributed by atoms with Crippen molar-refractivity contribution in [2.75, 3.05) is 18.4 Å². The Bertz CT molecular complexity index is 1150. The largest absolute Gasteiger partial charge is 0.350 e. The van der Waals surface area contributed by atoms with Crippen LogP contribution in [0.1, 0.15) is 35.4 Å². The van der Waals surface area contributed by atoms with E-state index in [0.29, 0.717) is 24.5 Å². The van der Waals surface area contributed by atoms with Gasteiger partial charge in [0.1, 0.15) is 5.69 Å².